The van der Waals surface area contributed by atoms with E-state index in [1.165, 1.54) is 0 Å². The first-order valence-corrected chi connectivity index (χ1v) is 12.4. The van der Waals surface area contributed by atoms with Crippen molar-refractivity contribution in [1.82, 2.24) is 9.88 Å². The topological polar surface area (TPSA) is 45.6 Å². The summed E-state index contributed by atoms with van der Waals surface area (Å²) >= 11 is 0. The van der Waals surface area contributed by atoms with Gasteiger partial charge in [0.2, 0.25) is 5.88 Å². The van der Waals surface area contributed by atoms with Crippen LogP contribution in [0, 0.1) is 0 Å². The summed E-state index contributed by atoms with van der Waals surface area (Å²) in [6.07, 6.45) is 0.531. The van der Waals surface area contributed by atoms with Crippen molar-refractivity contribution in [3.05, 3.63) is 120 Å². The van der Waals surface area contributed by atoms with E-state index in [2.05, 4.69) is 53.4 Å². The fourth-order valence-corrected chi connectivity index (χ4v) is 5.27. The van der Waals surface area contributed by atoms with Crippen LogP contribution in [-0.4, -0.2) is 42.7 Å². The maximum absolute atomic E-state index is 13.0. The van der Waals surface area contributed by atoms with E-state index in [9.17, 15) is 5.11 Å². The molecule has 1 N–H and O–H groups in total. The lowest BCUT2D eigenvalue weighted by Gasteiger charge is -2.39. The van der Waals surface area contributed by atoms with Crippen LogP contribution in [0.1, 0.15) is 29.0 Å². The number of nitrogens with zero attached hydrogens (tertiary/aromatic N) is 2. The van der Waals surface area contributed by atoms with E-state index in [1.54, 1.807) is 7.11 Å². The summed E-state index contributed by atoms with van der Waals surface area (Å²) in [7, 11) is 5.73. The Labute approximate surface area is 212 Å². The maximum Gasteiger partial charge on any atom is 0.217 e. The molecule has 0 amide bonds. The smallest absolute Gasteiger partial charge is 0.217 e. The number of aromatic nitrogens is 1. The lowest BCUT2D eigenvalue weighted by Crippen LogP contribution is -2.38. The van der Waals surface area contributed by atoms with Crippen molar-refractivity contribution in [3.8, 4) is 5.88 Å². The van der Waals surface area contributed by atoms with Gasteiger partial charge in [0.15, 0.2) is 0 Å². The third-order valence-electron chi connectivity index (χ3n) is 7.03. The van der Waals surface area contributed by atoms with Gasteiger partial charge in [0, 0.05) is 23.4 Å². The molecule has 0 spiro atoms. The van der Waals surface area contributed by atoms with Gasteiger partial charge in [-0.1, -0.05) is 91.0 Å². The average Bonchev–Trinajstić information content (AvgIpc) is 2.92. The molecular formula is C32H32N2O2. The predicted octanol–water partition coefficient (Wildman–Crippen LogP) is 6.37. The second-order valence-corrected chi connectivity index (χ2v) is 9.63. The second kappa shape index (κ2) is 10.1. The molecule has 36 heavy (non-hydrogen) atoms. The summed E-state index contributed by atoms with van der Waals surface area (Å²) < 4.78 is 5.87. The van der Waals surface area contributed by atoms with Gasteiger partial charge in [-0.2, -0.15) is 0 Å². The zero-order chi connectivity index (χ0) is 25.1. The van der Waals surface area contributed by atoms with Crippen LogP contribution in [0.25, 0.3) is 21.7 Å². The third-order valence-corrected chi connectivity index (χ3v) is 7.03. The summed E-state index contributed by atoms with van der Waals surface area (Å²) in [6, 6.07) is 34.9. The highest BCUT2D eigenvalue weighted by Crippen LogP contribution is 2.48. The lowest BCUT2D eigenvalue weighted by atomic mass is 9.70. The monoisotopic (exact) mass is 476 g/mol. The van der Waals surface area contributed by atoms with Crippen molar-refractivity contribution in [1.29, 1.82) is 0 Å². The normalized spacial score (nSPS) is 14.1. The number of para-hydroxylation sites is 1. The number of fused-ring (bicyclic) bond motifs is 2. The summed E-state index contributed by atoms with van der Waals surface area (Å²) in [4.78, 5) is 6.98. The van der Waals surface area contributed by atoms with Crippen LogP contribution in [0.5, 0.6) is 5.88 Å². The summed E-state index contributed by atoms with van der Waals surface area (Å²) in [5.74, 6) is 0.127. The van der Waals surface area contributed by atoms with Gasteiger partial charge in [-0.25, -0.2) is 4.98 Å². The zero-order valence-corrected chi connectivity index (χ0v) is 21.1. The van der Waals surface area contributed by atoms with Gasteiger partial charge in [-0.05, 0) is 54.5 Å². The molecule has 0 aliphatic rings. The van der Waals surface area contributed by atoms with Crippen LogP contribution in [0.4, 0.5) is 0 Å². The van der Waals surface area contributed by atoms with E-state index in [0.29, 0.717) is 18.8 Å². The highest BCUT2D eigenvalue weighted by molar-refractivity contribution is 5.87. The maximum atomic E-state index is 13.0. The molecule has 0 aliphatic carbocycles. The largest absolute Gasteiger partial charge is 0.481 e. The predicted molar refractivity (Wildman–Crippen MR) is 148 cm³/mol. The first kappa shape index (κ1) is 24.0. The molecule has 0 radical (unpaired) electrons. The molecule has 4 heteroatoms. The summed E-state index contributed by atoms with van der Waals surface area (Å²) in [6.45, 7) is 0.715. The Morgan fingerprint density at radius 3 is 2.25 bits per heavy atom. The highest BCUT2D eigenvalue weighted by atomic mass is 16.5. The van der Waals surface area contributed by atoms with Crippen molar-refractivity contribution >= 4 is 21.7 Å². The first-order chi connectivity index (χ1) is 17.5. The molecule has 182 valence electrons. The highest BCUT2D eigenvalue weighted by Gasteiger charge is 2.43. The third kappa shape index (κ3) is 4.46. The molecule has 0 unspecified atom stereocenters. The Balaban J connectivity index is 1.83. The van der Waals surface area contributed by atoms with Gasteiger partial charge in [-0.3, -0.25) is 0 Å². The first-order valence-electron chi connectivity index (χ1n) is 12.4. The minimum atomic E-state index is -1.23. The van der Waals surface area contributed by atoms with Crippen LogP contribution in [0.3, 0.4) is 0 Å². The standard InChI is InChI=1S/C32H32N2O2/c1-34(2)21-20-32(35,28-18-11-16-23-12-7-9-17-26(23)28)30(24-13-5-4-6-14-24)27-22-25-15-8-10-19-29(25)33-31(27)36-3/h4-19,22,30,35H,20-21H2,1-3H3/t30-,32-/m1/s1. The Kier molecular flexibility index (Phi) is 6.73. The van der Waals surface area contributed by atoms with Crippen LogP contribution >= 0.6 is 0 Å². The number of methoxy groups -OCH3 is 1. The van der Waals surface area contributed by atoms with E-state index >= 15 is 0 Å². The van der Waals surface area contributed by atoms with Crippen molar-refractivity contribution in [3.63, 3.8) is 0 Å². The Hall–Kier alpha value is -3.73. The van der Waals surface area contributed by atoms with Crippen molar-refractivity contribution < 1.29 is 9.84 Å². The van der Waals surface area contributed by atoms with Crippen LogP contribution in [-0.2, 0) is 5.60 Å². The van der Waals surface area contributed by atoms with Gasteiger partial charge in [-0.15, -0.1) is 0 Å². The summed E-state index contributed by atoms with van der Waals surface area (Å²) in [5.41, 5.74) is 2.43. The Morgan fingerprint density at radius 1 is 0.833 bits per heavy atom. The van der Waals surface area contributed by atoms with Crippen molar-refractivity contribution in [2.24, 2.45) is 0 Å². The number of aliphatic hydroxyl groups is 1. The van der Waals surface area contributed by atoms with Crippen molar-refractivity contribution in [2.75, 3.05) is 27.7 Å². The molecule has 1 heterocycles. The number of ether oxygens (including phenoxy) is 1. The number of rotatable bonds is 8. The van der Waals surface area contributed by atoms with E-state index in [1.807, 2.05) is 68.7 Å². The van der Waals surface area contributed by atoms with E-state index < -0.39 is 11.5 Å². The van der Waals surface area contributed by atoms with Crippen molar-refractivity contribution in [2.45, 2.75) is 17.9 Å². The fourth-order valence-electron chi connectivity index (χ4n) is 5.27. The van der Waals surface area contributed by atoms with E-state index in [4.69, 9.17) is 9.72 Å². The molecule has 4 aromatic carbocycles. The van der Waals surface area contributed by atoms with Gasteiger partial charge < -0.3 is 14.7 Å². The molecule has 0 aliphatic heterocycles. The minimum absolute atomic E-state index is 0.406. The van der Waals surface area contributed by atoms with Crippen LogP contribution < -0.4 is 4.74 Å². The molecule has 2 atom stereocenters. The van der Waals surface area contributed by atoms with Crippen LogP contribution in [0.15, 0.2) is 103 Å². The number of hydrogen-bond acceptors (Lipinski definition) is 4. The molecule has 5 aromatic rings. The molecule has 0 saturated heterocycles. The number of benzene rings is 4. The SMILES string of the molecule is COc1nc2ccccc2cc1[C@@H](c1ccccc1)[C@@](O)(CCN(C)C)c1cccc2ccccc12. The quantitative estimate of drug-likeness (QED) is 0.283. The molecule has 0 bridgehead atoms. The number of pyridine rings is 1. The van der Waals surface area contributed by atoms with Gasteiger partial charge >= 0.3 is 0 Å². The van der Waals surface area contributed by atoms with E-state index in [-0.39, 0.29) is 0 Å². The molecule has 5 rings (SSSR count). The Bertz CT molecular complexity index is 1480. The van der Waals surface area contributed by atoms with Crippen LogP contribution in [0.2, 0.25) is 0 Å². The fraction of sp³-hybridized carbons (Fsp3) is 0.219. The number of hydrogen-bond donors (Lipinski definition) is 1. The van der Waals surface area contributed by atoms with Gasteiger partial charge in [0.1, 0.15) is 5.60 Å². The molecular weight excluding hydrogens is 444 g/mol. The van der Waals surface area contributed by atoms with Gasteiger partial charge in [0.05, 0.1) is 12.6 Å². The zero-order valence-electron chi connectivity index (χ0n) is 21.1. The lowest BCUT2D eigenvalue weighted by molar-refractivity contribution is 0.00520. The summed E-state index contributed by atoms with van der Waals surface area (Å²) in [5, 5.41) is 16.2. The van der Waals surface area contributed by atoms with Gasteiger partial charge in [0.25, 0.3) is 0 Å². The second-order valence-electron chi connectivity index (χ2n) is 9.63. The van der Waals surface area contributed by atoms with E-state index in [0.717, 1.165) is 38.4 Å². The average molecular weight is 477 g/mol. The molecule has 4 nitrogen and oxygen atoms in total. The molecule has 0 saturated carbocycles. The molecule has 0 fully saturated rings. The Morgan fingerprint density at radius 2 is 1.50 bits per heavy atom. The minimum Gasteiger partial charge on any atom is -0.481 e. The molecule has 1 aromatic heterocycles.